The molecule has 176 valence electrons. The second kappa shape index (κ2) is 9.22. The summed E-state index contributed by atoms with van der Waals surface area (Å²) < 4.78 is 43.5. The highest BCUT2D eigenvalue weighted by molar-refractivity contribution is 5.98. The number of ketones is 1. The molecule has 1 saturated heterocycles. The molecule has 10 heteroatoms. The maximum atomic E-state index is 13.1. The molecule has 2 aromatic rings. The van der Waals surface area contributed by atoms with Crippen LogP contribution in [-0.2, 0) is 20.5 Å². The van der Waals surface area contributed by atoms with Gasteiger partial charge in [-0.3, -0.25) is 14.4 Å². The maximum Gasteiger partial charge on any atom is 0.416 e. The molecule has 1 fully saturated rings. The predicted octanol–water partition coefficient (Wildman–Crippen LogP) is 2.79. The van der Waals surface area contributed by atoms with Crippen molar-refractivity contribution in [2.75, 3.05) is 13.2 Å². The number of rotatable bonds is 6. The number of phenolic OH excluding ortho intramolecular Hbond substituents is 1. The fourth-order valence-corrected chi connectivity index (χ4v) is 3.47. The number of halogens is 3. The van der Waals surface area contributed by atoms with Crippen molar-refractivity contribution in [1.29, 1.82) is 0 Å². The van der Waals surface area contributed by atoms with Gasteiger partial charge in [-0.25, -0.2) is 0 Å². The van der Waals surface area contributed by atoms with Gasteiger partial charge in [0.2, 0.25) is 5.91 Å². The van der Waals surface area contributed by atoms with Crippen molar-refractivity contribution in [2.24, 2.45) is 0 Å². The molecule has 2 amide bonds. The topological polar surface area (TPSA) is 105 Å². The Bertz CT molecular complexity index is 1050. The lowest BCUT2D eigenvalue weighted by atomic mass is 9.90. The Morgan fingerprint density at radius 1 is 1.21 bits per heavy atom. The van der Waals surface area contributed by atoms with Crippen LogP contribution in [0.25, 0.3) is 0 Å². The minimum Gasteiger partial charge on any atom is -0.508 e. The summed E-state index contributed by atoms with van der Waals surface area (Å²) in [6, 6.07) is 9.54. The van der Waals surface area contributed by atoms with E-state index < -0.39 is 41.1 Å². The van der Waals surface area contributed by atoms with E-state index in [1.54, 1.807) is 19.9 Å². The molecule has 1 aliphatic rings. The summed E-state index contributed by atoms with van der Waals surface area (Å²) in [4.78, 5) is 37.9. The van der Waals surface area contributed by atoms with Gasteiger partial charge >= 0.3 is 6.18 Å². The molecule has 3 rings (SSSR count). The first kappa shape index (κ1) is 24.2. The Morgan fingerprint density at radius 2 is 1.88 bits per heavy atom. The molecule has 0 aromatic heterocycles. The lowest BCUT2D eigenvalue weighted by Crippen LogP contribution is -2.57. The van der Waals surface area contributed by atoms with Crippen molar-refractivity contribution in [3.05, 3.63) is 65.2 Å². The highest BCUT2D eigenvalue weighted by Gasteiger charge is 2.47. The van der Waals surface area contributed by atoms with Crippen LogP contribution >= 0.6 is 0 Å². The fourth-order valence-electron chi connectivity index (χ4n) is 3.47. The third kappa shape index (κ3) is 5.33. The lowest BCUT2D eigenvalue weighted by molar-refractivity contribution is -0.137. The Kier molecular flexibility index (Phi) is 6.78. The van der Waals surface area contributed by atoms with Gasteiger partial charge in [-0.15, -0.1) is 0 Å². The van der Waals surface area contributed by atoms with Crippen LogP contribution < -0.4 is 10.6 Å². The lowest BCUT2D eigenvalue weighted by Gasteiger charge is -2.29. The molecule has 0 bridgehead atoms. The summed E-state index contributed by atoms with van der Waals surface area (Å²) in [5, 5.41) is 15.1. The van der Waals surface area contributed by atoms with E-state index in [2.05, 4.69) is 10.6 Å². The molecular weight excluding hydrogens is 441 g/mol. The molecule has 2 aromatic carbocycles. The average molecular weight is 464 g/mol. The third-order valence-corrected chi connectivity index (χ3v) is 5.77. The molecule has 0 saturated carbocycles. The number of alkyl halides is 3. The zero-order chi connectivity index (χ0) is 24.4. The number of nitrogens with one attached hydrogen (secondary N) is 2. The van der Waals surface area contributed by atoms with Gasteiger partial charge in [0.25, 0.3) is 5.91 Å². The van der Waals surface area contributed by atoms with Crippen molar-refractivity contribution in [3.63, 3.8) is 0 Å². The first-order valence-electron chi connectivity index (χ1n) is 10.1. The summed E-state index contributed by atoms with van der Waals surface area (Å²) in [5.41, 5.74) is -1.79. The smallest absolute Gasteiger partial charge is 0.416 e. The van der Waals surface area contributed by atoms with E-state index in [1.165, 1.54) is 18.2 Å². The second-order valence-corrected chi connectivity index (χ2v) is 8.00. The first-order valence-corrected chi connectivity index (χ1v) is 10.1. The van der Waals surface area contributed by atoms with Crippen molar-refractivity contribution in [2.45, 2.75) is 37.6 Å². The van der Waals surface area contributed by atoms with E-state index in [9.17, 15) is 32.7 Å². The zero-order valence-corrected chi connectivity index (χ0v) is 17.9. The van der Waals surface area contributed by atoms with Crippen LogP contribution in [0.2, 0.25) is 0 Å². The summed E-state index contributed by atoms with van der Waals surface area (Å²) >= 11 is 0. The number of carbonyl (C=O) groups excluding carboxylic acids is 3. The highest BCUT2D eigenvalue weighted by atomic mass is 19.4. The van der Waals surface area contributed by atoms with Crippen molar-refractivity contribution >= 4 is 17.6 Å². The van der Waals surface area contributed by atoms with Gasteiger partial charge in [-0.05, 0) is 55.8 Å². The van der Waals surface area contributed by atoms with Gasteiger partial charge in [-0.1, -0.05) is 12.1 Å². The van der Waals surface area contributed by atoms with Crippen LogP contribution in [0.15, 0.2) is 48.5 Å². The summed E-state index contributed by atoms with van der Waals surface area (Å²) in [6.07, 6.45) is -5.09. The number of amides is 2. The van der Waals surface area contributed by atoms with Crippen LogP contribution in [0.4, 0.5) is 13.2 Å². The summed E-state index contributed by atoms with van der Waals surface area (Å²) in [6.45, 7) is 2.83. The number of ether oxygens (including phenoxy) is 1. The van der Waals surface area contributed by atoms with Crippen LogP contribution in [0, 0.1) is 0 Å². The SMILES string of the molecule is CC1OCC(=O)C1(C)NC(=O)C(CNC(=O)c1ccc(C(F)(F)F)cc1)c1cccc(O)c1. The molecule has 1 aliphatic heterocycles. The summed E-state index contributed by atoms with van der Waals surface area (Å²) in [5.74, 6) is -2.65. The first-order chi connectivity index (χ1) is 15.4. The molecule has 0 radical (unpaired) electrons. The molecule has 0 spiro atoms. The van der Waals surface area contributed by atoms with E-state index in [0.717, 1.165) is 24.3 Å². The second-order valence-electron chi connectivity index (χ2n) is 8.00. The van der Waals surface area contributed by atoms with Gasteiger partial charge in [0.05, 0.1) is 17.6 Å². The van der Waals surface area contributed by atoms with E-state index in [4.69, 9.17) is 4.74 Å². The maximum absolute atomic E-state index is 13.1. The van der Waals surface area contributed by atoms with Gasteiger partial charge < -0.3 is 20.5 Å². The predicted molar refractivity (Wildman–Crippen MR) is 112 cm³/mol. The van der Waals surface area contributed by atoms with Crippen LogP contribution in [0.3, 0.4) is 0 Å². The van der Waals surface area contributed by atoms with Crippen molar-refractivity contribution in [3.8, 4) is 5.75 Å². The fraction of sp³-hybridized carbons (Fsp3) is 0.348. The quantitative estimate of drug-likeness (QED) is 0.610. The molecule has 7 nitrogen and oxygen atoms in total. The minimum atomic E-state index is -4.53. The summed E-state index contributed by atoms with van der Waals surface area (Å²) in [7, 11) is 0. The largest absolute Gasteiger partial charge is 0.508 e. The number of hydrogen-bond donors (Lipinski definition) is 3. The molecule has 3 atom stereocenters. The van der Waals surface area contributed by atoms with E-state index in [-0.39, 0.29) is 30.2 Å². The average Bonchev–Trinajstić information content (AvgIpc) is 3.00. The van der Waals surface area contributed by atoms with Gasteiger partial charge in [0.15, 0.2) is 5.78 Å². The van der Waals surface area contributed by atoms with Gasteiger partial charge in [0.1, 0.15) is 17.9 Å². The van der Waals surface area contributed by atoms with Gasteiger partial charge in [-0.2, -0.15) is 13.2 Å². The molecule has 33 heavy (non-hydrogen) atoms. The Balaban J connectivity index is 1.78. The molecule has 3 unspecified atom stereocenters. The number of carbonyl (C=O) groups is 3. The normalized spacial score (nSPS) is 21.5. The number of benzene rings is 2. The Hall–Kier alpha value is -3.40. The van der Waals surface area contributed by atoms with Crippen LogP contribution in [0.1, 0.15) is 41.3 Å². The molecule has 1 heterocycles. The molecular formula is C23H23F3N2O5. The van der Waals surface area contributed by atoms with E-state index in [0.29, 0.717) is 5.56 Å². The minimum absolute atomic E-state index is 0.0157. The van der Waals surface area contributed by atoms with E-state index in [1.807, 2.05) is 0 Å². The van der Waals surface area contributed by atoms with Gasteiger partial charge in [0, 0.05) is 12.1 Å². The number of aromatic hydroxyl groups is 1. The van der Waals surface area contributed by atoms with Crippen molar-refractivity contribution < 1.29 is 37.4 Å². The standard InChI is InChI=1S/C23H23F3N2O5/c1-13-22(2,19(30)12-33-13)28-21(32)18(15-4-3-5-17(29)10-15)11-27-20(31)14-6-8-16(9-7-14)23(24,25)26/h3-10,13,18,29H,11-12H2,1-2H3,(H,27,31)(H,28,32). The zero-order valence-electron chi connectivity index (χ0n) is 17.9. The Morgan fingerprint density at radius 3 is 2.42 bits per heavy atom. The molecule has 3 N–H and O–H groups in total. The van der Waals surface area contributed by atoms with Crippen LogP contribution in [0.5, 0.6) is 5.75 Å². The van der Waals surface area contributed by atoms with E-state index >= 15 is 0 Å². The Labute approximate surface area is 187 Å². The van der Waals surface area contributed by atoms with Crippen molar-refractivity contribution in [1.82, 2.24) is 10.6 Å². The number of Topliss-reactive ketones (excluding diaryl/α,β-unsaturated/α-hetero) is 1. The molecule has 0 aliphatic carbocycles. The third-order valence-electron chi connectivity index (χ3n) is 5.77. The van der Waals surface area contributed by atoms with Crippen LogP contribution in [-0.4, -0.2) is 47.5 Å². The highest BCUT2D eigenvalue weighted by Crippen LogP contribution is 2.29. The number of phenols is 1. The monoisotopic (exact) mass is 464 g/mol. The number of hydrogen-bond acceptors (Lipinski definition) is 5.